The van der Waals surface area contributed by atoms with Crippen molar-refractivity contribution in [3.05, 3.63) is 0 Å². The van der Waals surface area contributed by atoms with Gasteiger partial charge >= 0.3 is 0 Å². The Morgan fingerprint density at radius 2 is 1.70 bits per heavy atom. The third-order valence-corrected chi connectivity index (χ3v) is 1.94. The molecule has 0 atom stereocenters. The fourth-order valence-electron chi connectivity index (χ4n) is 1.24. The quantitative estimate of drug-likeness (QED) is 0.651. The van der Waals surface area contributed by atoms with Crippen molar-refractivity contribution in [2.45, 2.75) is 31.7 Å². The molecule has 1 saturated carbocycles. The van der Waals surface area contributed by atoms with E-state index in [0.717, 1.165) is 25.7 Å². The van der Waals surface area contributed by atoms with E-state index in [9.17, 15) is 4.79 Å². The molecule has 1 aliphatic rings. The SMILES string of the molecule is NC1CCC([C-]=O)CC1.[Y]. The van der Waals surface area contributed by atoms with Crippen molar-refractivity contribution < 1.29 is 37.5 Å². The maximum atomic E-state index is 10.1. The van der Waals surface area contributed by atoms with E-state index in [-0.39, 0.29) is 38.6 Å². The minimum Gasteiger partial charge on any atom is -0.542 e. The molecule has 2 nitrogen and oxygen atoms in total. The van der Waals surface area contributed by atoms with Crippen LogP contribution >= 0.6 is 0 Å². The van der Waals surface area contributed by atoms with Gasteiger partial charge in [-0.25, -0.2) is 0 Å². The van der Waals surface area contributed by atoms with Crippen molar-refractivity contribution >= 4 is 6.29 Å². The van der Waals surface area contributed by atoms with Gasteiger partial charge in [-0.05, 0) is 12.8 Å². The second-order valence-electron chi connectivity index (χ2n) is 2.73. The first-order valence-corrected chi connectivity index (χ1v) is 3.46. The molecule has 0 amide bonds. The summed E-state index contributed by atoms with van der Waals surface area (Å²) < 4.78 is 0. The second-order valence-corrected chi connectivity index (χ2v) is 2.73. The van der Waals surface area contributed by atoms with Gasteiger partial charge in [-0.2, -0.15) is 0 Å². The van der Waals surface area contributed by atoms with Crippen LogP contribution in [0.2, 0.25) is 0 Å². The van der Waals surface area contributed by atoms with E-state index in [2.05, 4.69) is 0 Å². The predicted octanol–water partition coefficient (Wildman–Crippen LogP) is 0.611. The Bertz CT molecular complexity index is 99.8. The standard InChI is InChI=1S/C7H12NO.Y/c8-7-3-1-6(5-9)2-4-7;/h6-7H,1-4,8H2;/q-1;. The third kappa shape index (κ3) is 3.22. The number of nitrogens with two attached hydrogens (primary N) is 1. The minimum absolute atomic E-state index is 0. The largest absolute Gasteiger partial charge is 0.542 e. The van der Waals surface area contributed by atoms with Gasteiger partial charge < -0.3 is 10.5 Å². The third-order valence-electron chi connectivity index (χ3n) is 1.94. The van der Waals surface area contributed by atoms with Crippen LogP contribution in [0.5, 0.6) is 0 Å². The van der Waals surface area contributed by atoms with Gasteiger partial charge in [-0.1, -0.05) is 12.8 Å². The van der Waals surface area contributed by atoms with Crippen molar-refractivity contribution in [1.82, 2.24) is 0 Å². The van der Waals surface area contributed by atoms with Crippen molar-refractivity contribution in [1.29, 1.82) is 0 Å². The zero-order valence-electron chi connectivity index (χ0n) is 6.05. The van der Waals surface area contributed by atoms with E-state index in [4.69, 9.17) is 5.73 Å². The molecule has 0 aromatic rings. The average Bonchev–Trinajstić information content (AvgIpc) is 1.90. The first-order chi connectivity index (χ1) is 4.33. The summed E-state index contributed by atoms with van der Waals surface area (Å²) in [5.41, 5.74) is 5.62. The molecule has 0 aromatic carbocycles. The van der Waals surface area contributed by atoms with E-state index in [1.807, 2.05) is 6.29 Å². The van der Waals surface area contributed by atoms with Crippen LogP contribution < -0.4 is 5.73 Å². The van der Waals surface area contributed by atoms with Gasteiger partial charge in [0.1, 0.15) is 0 Å². The molecule has 55 valence electrons. The Labute approximate surface area is 86.8 Å². The fraction of sp³-hybridized carbons (Fsp3) is 0.857. The molecular weight excluding hydrogens is 203 g/mol. The molecule has 0 heterocycles. The first-order valence-electron chi connectivity index (χ1n) is 3.46. The van der Waals surface area contributed by atoms with E-state index in [1.165, 1.54) is 0 Å². The summed E-state index contributed by atoms with van der Waals surface area (Å²) in [6, 6.07) is 0.342. The van der Waals surface area contributed by atoms with Crippen LogP contribution in [0.25, 0.3) is 0 Å². The predicted molar refractivity (Wildman–Crippen MR) is 35.6 cm³/mol. The van der Waals surface area contributed by atoms with Gasteiger partial charge in [0.2, 0.25) is 0 Å². The summed E-state index contributed by atoms with van der Waals surface area (Å²) in [6.07, 6.45) is 5.92. The van der Waals surface area contributed by atoms with Gasteiger partial charge in [-0.3, -0.25) is 6.29 Å². The van der Waals surface area contributed by atoms with Crippen LogP contribution in [0.1, 0.15) is 25.7 Å². The van der Waals surface area contributed by atoms with E-state index >= 15 is 0 Å². The summed E-state index contributed by atoms with van der Waals surface area (Å²) in [5.74, 6) is 0.185. The molecule has 0 unspecified atom stereocenters. The van der Waals surface area contributed by atoms with Crippen LogP contribution in [-0.4, -0.2) is 12.3 Å². The monoisotopic (exact) mass is 215 g/mol. The molecule has 1 aliphatic carbocycles. The Hall–Kier alpha value is 0.734. The van der Waals surface area contributed by atoms with Gasteiger partial charge in [0.05, 0.1) is 0 Å². The van der Waals surface area contributed by atoms with Crippen LogP contribution in [-0.2, 0) is 37.5 Å². The number of rotatable bonds is 1. The van der Waals surface area contributed by atoms with Crippen LogP contribution in [0.4, 0.5) is 0 Å². The Kier molecular flexibility index (Phi) is 5.79. The van der Waals surface area contributed by atoms with Crippen LogP contribution in [0.15, 0.2) is 0 Å². The van der Waals surface area contributed by atoms with Gasteiger partial charge in [0.15, 0.2) is 0 Å². The first kappa shape index (κ1) is 10.7. The molecule has 0 spiro atoms. The molecular formula is C7H12NOY-. The van der Waals surface area contributed by atoms with Gasteiger partial charge in [-0.15, -0.1) is 5.92 Å². The van der Waals surface area contributed by atoms with Crippen molar-refractivity contribution in [3.8, 4) is 0 Å². The summed E-state index contributed by atoms with van der Waals surface area (Å²) in [4.78, 5) is 10.1. The van der Waals surface area contributed by atoms with Crippen molar-refractivity contribution in [2.75, 3.05) is 0 Å². The minimum atomic E-state index is 0. The van der Waals surface area contributed by atoms with Crippen molar-refractivity contribution in [3.63, 3.8) is 0 Å². The molecule has 3 heteroatoms. The van der Waals surface area contributed by atoms with Crippen LogP contribution in [0, 0.1) is 5.92 Å². The normalized spacial score (nSPS) is 32.5. The zero-order chi connectivity index (χ0) is 6.69. The topological polar surface area (TPSA) is 43.1 Å². The number of carbonyl (C=O) groups excluding carboxylic acids is 1. The average molecular weight is 215 g/mol. The summed E-state index contributed by atoms with van der Waals surface area (Å²) in [5, 5.41) is 0. The maximum Gasteiger partial charge on any atom is 0.00373 e. The summed E-state index contributed by atoms with van der Waals surface area (Å²) >= 11 is 0. The molecule has 10 heavy (non-hydrogen) atoms. The number of hydrogen-bond acceptors (Lipinski definition) is 2. The fourth-order valence-corrected chi connectivity index (χ4v) is 1.24. The maximum absolute atomic E-state index is 10.1. The van der Waals surface area contributed by atoms with Crippen LogP contribution in [0.3, 0.4) is 0 Å². The summed E-state index contributed by atoms with van der Waals surface area (Å²) in [6.45, 7) is 0. The molecule has 0 bridgehead atoms. The molecule has 0 saturated heterocycles. The molecule has 0 aromatic heterocycles. The zero-order valence-corrected chi connectivity index (χ0v) is 8.88. The molecule has 1 rings (SSSR count). The Morgan fingerprint density at radius 1 is 1.20 bits per heavy atom. The number of hydrogen-bond donors (Lipinski definition) is 1. The van der Waals surface area contributed by atoms with Crippen molar-refractivity contribution in [2.24, 2.45) is 11.7 Å². The Morgan fingerprint density at radius 3 is 2.10 bits per heavy atom. The molecule has 2 N–H and O–H groups in total. The van der Waals surface area contributed by atoms with E-state index < -0.39 is 0 Å². The second kappa shape index (κ2) is 5.39. The molecule has 0 aliphatic heterocycles. The Balaban J connectivity index is 0.000000810. The molecule has 1 radical (unpaired) electrons. The van der Waals surface area contributed by atoms with E-state index in [0.29, 0.717) is 6.04 Å². The summed E-state index contributed by atoms with van der Waals surface area (Å²) in [7, 11) is 0. The van der Waals surface area contributed by atoms with Gasteiger partial charge in [0, 0.05) is 38.8 Å². The van der Waals surface area contributed by atoms with E-state index in [1.54, 1.807) is 0 Å². The molecule has 1 fully saturated rings. The smallest absolute Gasteiger partial charge is 0.00373 e. The van der Waals surface area contributed by atoms with Gasteiger partial charge in [0.25, 0.3) is 0 Å².